The van der Waals surface area contributed by atoms with Gasteiger partial charge in [-0.25, -0.2) is 9.31 Å². The number of nitrogens with one attached hydrogen (secondary N) is 1. The highest BCUT2D eigenvalue weighted by Crippen LogP contribution is 2.43. The van der Waals surface area contributed by atoms with E-state index in [2.05, 4.69) is 23.5 Å². The SMILES string of the molecule is Cn1nc2cc1CSc1cc3c(c(c1)OCCCc1c(C(=O)O)n(C)c4c(c(Cl)ccc14)-c1c(nn4ccccc14)CSC2)NCCC3. The van der Waals surface area contributed by atoms with Crippen molar-refractivity contribution in [2.75, 3.05) is 18.5 Å². The van der Waals surface area contributed by atoms with E-state index in [4.69, 9.17) is 26.5 Å². The first-order valence-electron chi connectivity index (χ1n) is 16.1. The number of pyridine rings is 1. The van der Waals surface area contributed by atoms with Gasteiger partial charge in [-0.15, -0.1) is 23.5 Å². The summed E-state index contributed by atoms with van der Waals surface area (Å²) >= 11 is 10.6. The number of rotatable bonds is 1. The molecule has 0 saturated carbocycles. The Morgan fingerprint density at radius 2 is 1.92 bits per heavy atom. The average molecular weight is 699 g/mol. The van der Waals surface area contributed by atoms with Crippen molar-refractivity contribution in [3.05, 3.63) is 93.7 Å². The number of aryl methyl sites for hydroxylation is 4. The highest BCUT2D eigenvalue weighted by molar-refractivity contribution is 7.98. The molecule has 246 valence electrons. The van der Waals surface area contributed by atoms with E-state index in [1.165, 1.54) is 16.2 Å². The Bertz CT molecular complexity index is 2220. The molecule has 4 aromatic heterocycles. The maximum absolute atomic E-state index is 12.8. The van der Waals surface area contributed by atoms with E-state index in [9.17, 15) is 9.90 Å². The Hall–Kier alpha value is -4.06. The van der Waals surface area contributed by atoms with Crippen LogP contribution in [0.25, 0.3) is 27.5 Å². The molecule has 0 fully saturated rings. The molecule has 2 aliphatic heterocycles. The second kappa shape index (κ2) is 12.8. The molecule has 48 heavy (non-hydrogen) atoms. The number of nitrogens with zero attached hydrogens (tertiary/aromatic N) is 5. The fraction of sp³-hybridized carbons (Fsp3) is 0.306. The van der Waals surface area contributed by atoms with E-state index in [0.29, 0.717) is 30.2 Å². The van der Waals surface area contributed by atoms with Crippen LogP contribution in [0.1, 0.15) is 51.5 Å². The van der Waals surface area contributed by atoms with Crippen molar-refractivity contribution in [3.8, 4) is 16.9 Å². The first-order valence-corrected chi connectivity index (χ1v) is 18.6. The lowest BCUT2D eigenvalue weighted by atomic mass is 9.98. The Kier molecular flexibility index (Phi) is 8.30. The Balaban J connectivity index is 1.27. The summed E-state index contributed by atoms with van der Waals surface area (Å²) in [5.74, 6) is 2.05. The van der Waals surface area contributed by atoms with Crippen LogP contribution in [0, 0.1) is 0 Å². The number of hydrogen-bond acceptors (Lipinski definition) is 7. The lowest BCUT2D eigenvalue weighted by Gasteiger charge is -2.22. The number of aromatic carboxylic acids is 1. The van der Waals surface area contributed by atoms with Crippen LogP contribution in [0.5, 0.6) is 5.75 Å². The minimum absolute atomic E-state index is 0.270. The number of thioether (sulfide) groups is 2. The zero-order valence-corrected chi connectivity index (χ0v) is 29.1. The number of halogens is 1. The number of aromatic nitrogens is 5. The van der Waals surface area contributed by atoms with Crippen molar-refractivity contribution in [2.24, 2.45) is 14.1 Å². The summed E-state index contributed by atoms with van der Waals surface area (Å²) < 4.78 is 12.1. The number of carboxylic acid groups (broad SMARTS) is 1. The summed E-state index contributed by atoms with van der Waals surface area (Å²) in [5, 5.41) is 25.3. The van der Waals surface area contributed by atoms with Crippen LogP contribution in [0.3, 0.4) is 0 Å². The molecule has 2 aromatic carbocycles. The van der Waals surface area contributed by atoms with E-state index in [-0.39, 0.29) is 5.69 Å². The largest absolute Gasteiger partial charge is 0.491 e. The van der Waals surface area contributed by atoms with Gasteiger partial charge in [-0.05, 0) is 73.2 Å². The number of hydrogen-bond donors (Lipinski definition) is 2. The topological polar surface area (TPSA) is 98.6 Å². The second-order valence-corrected chi connectivity index (χ2v) is 14.8. The summed E-state index contributed by atoms with van der Waals surface area (Å²) in [7, 11) is 3.83. The van der Waals surface area contributed by atoms with Gasteiger partial charge < -0.3 is 19.7 Å². The molecule has 6 aromatic rings. The van der Waals surface area contributed by atoms with Crippen LogP contribution in [0.4, 0.5) is 5.69 Å². The molecular weight excluding hydrogens is 664 g/mol. The van der Waals surface area contributed by atoms with Gasteiger partial charge >= 0.3 is 5.97 Å². The zero-order valence-electron chi connectivity index (χ0n) is 26.8. The quantitative estimate of drug-likeness (QED) is 0.178. The van der Waals surface area contributed by atoms with Crippen molar-refractivity contribution < 1.29 is 14.6 Å². The summed E-state index contributed by atoms with van der Waals surface area (Å²) in [6.45, 7) is 1.38. The predicted octanol–water partition coefficient (Wildman–Crippen LogP) is 7.99. The predicted molar refractivity (Wildman–Crippen MR) is 194 cm³/mol. The van der Waals surface area contributed by atoms with Gasteiger partial charge in [-0.3, -0.25) is 4.68 Å². The third-order valence-corrected chi connectivity index (χ3v) is 11.6. The number of fused-ring (bicyclic) bond motifs is 10. The van der Waals surface area contributed by atoms with Gasteiger partial charge in [0.25, 0.3) is 0 Å². The fourth-order valence-corrected chi connectivity index (χ4v) is 9.23. The molecule has 2 aliphatic rings. The standard InChI is InChI=1S/C36H35ClN6O3S2/c1-41-34-26-10-11-27(37)31(34)32-28(40-43-13-4-3-9-29(32)43)20-47-18-22-16-23(42(2)39-22)19-48-24-15-21-7-5-12-38-33(21)30(17-24)46-14-6-8-25(26)35(41)36(44)45/h3-4,9-11,13,15-17,38H,5-8,12,14,18-20H2,1-2H3,(H,44,45). The number of benzene rings is 2. The molecule has 0 atom stereocenters. The number of carbonyl (C=O) groups is 1. The average Bonchev–Trinajstić information content (AvgIpc) is 3.72. The first kappa shape index (κ1) is 31.2. The van der Waals surface area contributed by atoms with Gasteiger partial charge in [-0.1, -0.05) is 23.7 Å². The summed E-state index contributed by atoms with van der Waals surface area (Å²) in [6.07, 6.45) is 5.24. The third kappa shape index (κ3) is 5.51. The number of carboxylic acids is 1. The second-order valence-electron chi connectivity index (χ2n) is 12.3. The molecule has 0 saturated heterocycles. The molecular formula is C36H35ClN6O3S2. The minimum Gasteiger partial charge on any atom is -0.491 e. The third-order valence-electron chi connectivity index (χ3n) is 9.29. The maximum Gasteiger partial charge on any atom is 0.352 e. The van der Waals surface area contributed by atoms with Gasteiger partial charge in [-0.2, -0.15) is 10.2 Å². The van der Waals surface area contributed by atoms with E-state index in [1.54, 1.807) is 28.1 Å². The molecule has 6 heterocycles. The Morgan fingerprint density at radius 1 is 1.02 bits per heavy atom. The highest BCUT2D eigenvalue weighted by Gasteiger charge is 2.27. The molecule has 0 spiro atoms. The fourth-order valence-electron chi connectivity index (χ4n) is 7.13. The molecule has 0 unspecified atom stereocenters. The highest BCUT2D eigenvalue weighted by atomic mass is 35.5. The maximum atomic E-state index is 12.8. The Morgan fingerprint density at radius 3 is 2.79 bits per heavy atom. The van der Waals surface area contributed by atoms with Crippen LogP contribution >= 0.6 is 35.1 Å². The molecule has 12 heteroatoms. The van der Waals surface area contributed by atoms with E-state index in [1.807, 2.05) is 59.8 Å². The summed E-state index contributed by atoms with van der Waals surface area (Å²) in [4.78, 5) is 14.0. The summed E-state index contributed by atoms with van der Waals surface area (Å²) in [5.41, 5.74) is 9.93. The van der Waals surface area contributed by atoms with Crippen LogP contribution in [0.15, 0.2) is 59.6 Å². The molecule has 0 radical (unpaired) electrons. The number of ether oxygens (including phenoxy) is 1. The lowest BCUT2D eigenvalue weighted by molar-refractivity contribution is 0.0685. The minimum atomic E-state index is -0.963. The van der Waals surface area contributed by atoms with Gasteiger partial charge in [0.2, 0.25) is 0 Å². The van der Waals surface area contributed by atoms with Crippen LogP contribution in [0.2, 0.25) is 5.02 Å². The van der Waals surface area contributed by atoms with Crippen molar-refractivity contribution in [3.63, 3.8) is 0 Å². The first-order chi connectivity index (χ1) is 23.4. The van der Waals surface area contributed by atoms with Gasteiger partial charge in [0.15, 0.2) is 0 Å². The van der Waals surface area contributed by atoms with E-state index < -0.39 is 5.97 Å². The van der Waals surface area contributed by atoms with Crippen LogP contribution < -0.4 is 10.1 Å². The molecule has 0 amide bonds. The molecule has 8 rings (SSSR count). The van der Waals surface area contributed by atoms with Crippen molar-refractivity contribution >= 4 is 63.2 Å². The molecule has 2 N–H and O–H groups in total. The van der Waals surface area contributed by atoms with Crippen molar-refractivity contribution in [1.29, 1.82) is 0 Å². The Labute approximate surface area is 291 Å². The van der Waals surface area contributed by atoms with Crippen molar-refractivity contribution in [1.82, 2.24) is 24.0 Å². The molecule has 8 bridgehead atoms. The molecule has 0 aliphatic carbocycles. The van der Waals surface area contributed by atoms with E-state index >= 15 is 0 Å². The summed E-state index contributed by atoms with van der Waals surface area (Å²) in [6, 6.07) is 16.5. The monoisotopic (exact) mass is 698 g/mol. The van der Waals surface area contributed by atoms with Crippen LogP contribution in [-0.4, -0.2) is 48.2 Å². The van der Waals surface area contributed by atoms with E-state index in [0.717, 1.165) is 86.8 Å². The van der Waals surface area contributed by atoms with Crippen molar-refractivity contribution in [2.45, 2.75) is 47.8 Å². The van der Waals surface area contributed by atoms with Gasteiger partial charge in [0.1, 0.15) is 11.4 Å². The van der Waals surface area contributed by atoms with Gasteiger partial charge in [0, 0.05) is 71.2 Å². The van der Waals surface area contributed by atoms with Gasteiger partial charge in [0.05, 0.1) is 39.7 Å². The smallest absolute Gasteiger partial charge is 0.352 e. The normalized spacial score (nSPS) is 15.4. The van der Waals surface area contributed by atoms with Crippen LogP contribution in [-0.2, 0) is 44.2 Å². The number of anilines is 1. The lowest BCUT2D eigenvalue weighted by Crippen LogP contribution is -2.14. The molecule has 9 nitrogen and oxygen atoms in total. The zero-order chi connectivity index (χ0) is 32.9.